The Kier molecular flexibility index (Phi) is 4.14. The van der Waals surface area contributed by atoms with Crippen LogP contribution < -0.4 is 10.6 Å². The van der Waals surface area contributed by atoms with Gasteiger partial charge in [0.15, 0.2) is 0 Å². The van der Waals surface area contributed by atoms with Crippen LogP contribution in [0.3, 0.4) is 0 Å². The molecule has 2 rings (SSSR count). The van der Waals surface area contributed by atoms with E-state index in [1.165, 1.54) is 0 Å². The first-order chi connectivity index (χ1) is 8.20. The van der Waals surface area contributed by atoms with Crippen molar-refractivity contribution in [3.8, 4) is 0 Å². The highest BCUT2D eigenvalue weighted by Gasteiger charge is 2.09. The van der Waals surface area contributed by atoms with Gasteiger partial charge in [-0.2, -0.15) is 0 Å². The van der Waals surface area contributed by atoms with Crippen molar-refractivity contribution >= 4 is 43.6 Å². The van der Waals surface area contributed by atoms with Crippen LogP contribution in [0.2, 0.25) is 0 Å². The van der Waals surface area contributed by atoms with E-state index >= 15 is 0 Å². The molecular weight excluding hydrogens is 352 g/mol. The molecule has 5 nitrogen and oxygen atoms in total. The summed E-state index contributed by atoms with van der Waals surface area (Å²) < 4.78 is 7.23. The second-order valence-electron chi connectivity index (χ2n) is 3.25. The number of hydrogen-bond acceptors (Lipinski definition) is 5. The van der Waals surface area contributed by atoms with Crippen LogP contribution in [0.15, 0.2) is 31.6 Å². The lowest BCUT2D eigenvalue weighted by Crippen LogP contribution is -2.04. The van der Waals surface area contributed by atoms with Gasteiger partial charge in [-0.15, -0.1) is 5.10 Å². The molecule has 0 saturated carbocycles. The molecule has 0 atom stereocenters. The molecule has 0 saturated heterocycles. The standard InChI is InChI=1S/C10H10Br2N4O/c1-13-5-8-15-16-10(17-8)14-9-6(11)3-2-4-7(9)12/h2-4,13H,5H2,1H3,(H,14,16). The van der Waals surface area contributed by atoms with Crippen LogP contribution in [0.25, 0.3) is 0 Å². The number of aromatic nitrogens is 2. The van der Waals surface area contributed by atoms with E-state index in [9.17, 15) is 0 Å². The number of benzene rings is 1. The molecule has 0 fully saturated rings. The molecule has 17 heavy (non-hydrogen) atoms. The number of rotatable bonds is 4. The highest BCUT2D eigenvalue weighted by atomic mass is 79.9. The molecule has 0 bridgehead atoms. The molecule has 1 heterocycles. The van der Waals surface area contributed by atoms with Gasteiger partial charge in [-0.3, -0.25) is 0 Å². The lowest BCUT2D eigenvalue weighted by Gasteiger charge is -2.06. The minimum Gasteiger partial charge on any atom is -0.406 e. The van der Waals surface area contributed by atoms with E-state index in [1.807, 2.05) is 25.2 Å². The van der Waals surface area contributed by atoms with Gasteiger partial charge in [0.25, 0.3) is 0 Å². The van der Waals surface area contributed by atoms with Crippen molar-refractivity contribution in [3.63, 3.8) is 0 Å². The van der Waals surface area contributed by atoms with E-state index in [2.05, 4.69) is 52.7 Å². The predicted molar refractivity (Wildman–Crippen MR) is 72.2 cm³/mol. The molecular formula is C10H10Br2N4O. The Bertz CT molecular complexity index is 495. The summed E-state index contributed by atoms with van der Waals surface area (Å²) in [5, 5.41) is 13.8. The van der Waals surface area contributed by atoms with E-state index in [0.29, 0.717) is 18.5 Å². The van der Waals surface area contributed by atoms with Crippen molar-refractivity contribution < 1.29 is 4.42 Å². The number of para-hydroxylation sites is 1. The third-order valence-electron chi connectivity index (χ3n) is 1.99. The molecule has 2 aromatic rings. The molecule has 2 N–H and O–H groups in total. The zero-order chi connectivity index (χ0) is 12.3. The summed E-state index contributed by atoms with van der Waals surface area (Å²) in [4.78, 5) is 0. The average molecular weight is 362 g/mol. The van der Waals surface area contributed by atoms with E-state index in [1.54, 1.807) is 0 Å². The number of anilines is 2. The first-order valence-corrected chi connectivity index (χ1v) is 6.47. The largest absolute Gasteiger partial charge is 0.406 e. The Balaban J connectivity index is 2.19. The normalized spacial score (nSPS) is 10.5. The summed E-state index contributed by atoms with van der Waals surface area (Å²) in [6.07, 6.45) is 0. The van der Waals surface area contributed by atoms with E-state index in [4.69, 9.17) is 4.42 Å². The number of nitrogens with zero attached hydrogens (tertiary/aromatic N) is 2. The van der Waals surface area contributed by atoms with Crippen molar-refractivity contribution in [1.82, 2.24) is 15.5 Å². The van der Waals surface area contributed by atoms with Crippen LogP contribution in [0.4, 0.5) is 11.7 Å². The van der Waals surface area contributed by atoms with Crippen LogP contribution in [0.5, 0.6) is 0 Å². The van der Waals surface area contributed by atoms with Crippen molar-refractivity contribution in [2.75, 3.05) is 12.4 Å². The molecule has 1 aromatic heterocycles. The number of hydrogen-bond donors (Lipinski definition) is 2. The van der Waals surface area contributed by atoms with Crippen LogP contribution >= 0.6 is 31.9 Å². The minimum absolute atomic E-state index is 0.364. The molecule has 7 heteroatoms. The Morgan fingerprint density at radius 3 is 2.59 bits per heavy atom. The van der Waals surface area contributed by atoms with Gasteiger partial charge >= 0.3 is 6.01 Å². The van der Waals surface area contributed by atoms with E-state index in [0.717, 1.165) is 14.6 Å². The Morgan fingerprint density at radius 2 is 1.94 bits per heavy atom. The fourth-order valence-electron chi connectivity index (χ4n) is 1.25. The Morgan fingerprint density at radius 1 is 1.24 bits per heavy atom. The van der Waals surface area contributed by atoms with Crippen LogP contribution in [-0.2, 0) is 6.54 Å². The van der Waals surface area contributed by atoms with Crippen molar-refractivity contribution in [2.45, 2.75) is 6.54 Å². The Hall–Kier alpha value is -0.920. The summed E-state index contributed by atoms with van der Waals surface area (Å²) in [6, 6.07) is 6.15. The maximum Gasteiger partial charge on any atom is 0.320 e. The molecule has 1 aromatic carbocycles. The molecule has 0 amide bonds. The topological polar surface area (TPSA) is 63.0 Å². The van der Waals surface area contributed by atoms with Gasteiger partial charge in [0.2, 0.25) is 5.89 Å². The molecule has 90 valence electrons. The smallest absolute Gasteiger partial charge is 0.320 e. The maximum absolute atomic E-state index is 5.40. The monoisotopic (exact) mass is 360 g/mol. The Labute approximate surface area is 115 Å². The number of halogens is 2. The molecule has 0 aliphatic heterocycles. The fraction of sp³-hybridized carbons (Fsp3) is 0.200. The molecule has 0 radical (unpaired) electrons. The molecule has 0 spiro atoms. The zero-order valence-electron chi connectivity index (χ0n) is 9.00. The minimum atomic E-state index is 0.364. The lowest BCUT2D eigenvalue weighted by molar-refractivity contribution is 0.493. The predicted octanol–water partition coefficient (Wildman–Crippen LogP) is 3.06. The van der Waals surface area contributed by atoms with E-state index < -0.39 is 0 Å². The molecule has 0 aliphatic rings. The highest BCUT2D eigenvalue weighted by Crippen LogP contribution is 2.32. The van der Waals surface area contributed by atoms with Crippen LogP contribution in [0, 0.1) is 0 Å². The number of nitrogens with one attached hydrogen (secondary N) is 2. The quantitative estimate of drug-likeness (QED) is 0.876. The van der Waals surface area contributed by atoms with Gasteiger partial charge < -0.3 is 15.1 Å². The first kappa shape index (κ1) is 12.5. The second-order valence-corrected chi connectivity index (χ2v) is 4.96. The van der Waals surface area contributed by atoms with E-state index in [-0.39, 0.29) is 0 Å². The summed E-state index contributed by atoms with van der Waals surface area (Å²) in [6.45, 7) is 0.547. The van der Waals surface area contributed by atoms with Crippen molar-refractivity contribution in [1.29, 1.82) is 0 Å². The summed E-state index contributed by atoms with van der Waals surface area (Å²) >= 11 is 6.89. The van der Waals surface area contributed by atoms with Gasteiger partial charge in [0.1, 0.15) is 0 Å². The van der Waals surface area contributed by atoms with Crippen LogP contribution in [-0.4, -0.2) is 17.2 Å². The van der Waals surface area contributed by atoms with Crippen molar-refractivity contribution in [3.05, 3.63) is 33.0 Å². The zero-order valence-corrected chi connectivity index (χ0v) is 12.2. The maximum atomic E-state index is 5.40. The second kappa shape index (κ2) is 5.61. The summed E-state index contributed by atoms with van der Waals surface area (Å²) in [5.41, 5.74) is 0.854. The van der Waals surface area contributed by atoms with Gasteiger partial charge in [-0.1, -0.05) is 11.2 Å². The molecule has 0 aliphatic carbocycles. The van der Waals surface area contributed by atoms with Gasteiger partial charge in [0, 0.05) is 8.95 Å². The SMILES string of the molecule is CNCc1nnc(Nc2c(Br)cccc2Br)o1. The van der Waals surface area contributed by atoms with Gasteiger partial charge in [-0.05, 0) is 51.0 Å². The van der Waals surface area contributed by atoms with Crippen LogP contribution in [0.1, 0.15) is 5.89 Å². The van der Waals surface area contributed by atoms with Crippen molar-refractivity contribution in [2.24, 2.45) is 0 Å². The summed E-state index contributed by atoms with van der Waals surface area (Å²) in [7, 11) is 1.82. The fourth-order valence-corrected chi connectivity index (χ4v) is 2.45. The third kappa shape index (κ3) is 3.05. The van der Waals surface area contributed by atoms with Gasteiger partial charge in [0.05, 0.1) is 12.2 Å². The van der Waals surface area contributed by atoms with Gasteiger partial charge in [-0.25, -0.2) is 0 Å². The first-order valence-electron chi connectivity index (χ1n) is 4.88. The average Bonchev–Trinajstić information content (AvgIpc) is 2.72. The highest BCUT2D eigenvalue weighted by molar-refractivity contribution is 9.11. The third-order valence-corrected chi connectivity index (χ3v) is 3.31. The molecule has 0 unspecified atom stereocenters. The lowest BCUT2D eigenvalue weighted by atomic mass is 10.3. The summed E-state index contributed by atoms with van der Waals surface area (Å²) in [5.74, 6) is 0.540.